The Morgan fingerprint density at radius 1 is 0.886 bits per heavy atom. The van der Waals surface area contributed by atoms with Crippen molar-refractivity contribution in [3.63, 3.8) is 0 Å². The number of hydrogen-bond acceptors (Lipinski definition) is 4. The van der Waals surface area contributed by atoms with E-state index in [2.05, 4.69) is 5.32 Å². The zero-order valence-electron chi connectivity index (χ0n) is 20.0. The van der Waals surface area contributed by atoms with Crippen molar-refractivity contribution in [2.45, 2.75) is 39.4 Å². The standard InChI is InChI=1S/C28H29N3O4/c1-20-10-3-4-12-22(20)19-31-24-14-7-6-13-23(24)27(33)30(28(31)34)17-9-16-26(32)29-18-21-11-5-8-15-25(21)35-2/h3-8,10-15H,9,16-19H2,1-2H3,(H,29,32). The molecule has 0 unspecified atom stereocenters. The van der Waals surface area contributed by atoms with Gasteiger partial charge in [0.15, 0.2) is 0 Å². The Labute approximate surface area is 203 Å². The molecule has 7 heteroatoms. The lowest BCUT2D eigenvalue weighted by Gasteiger charge is -2.15. The summed E-state index contributed by atoms with van der Waals surface area (Å²) in [6.45, 7) is 2.88. The molecule has 1 N–H and O–H groups in total. The lowest BCUT2D eigenvalue weighted by atomic mass is 10.1. The highest BCUT2D eigenvalue weighted by molar-refractivity contribution is 5.78. The molecule has 0 radical (unpaired) electrons. The third-order valence-electron chi connectivity index (χ3n) is 6.18. The van der Waals surface area contributed by atoms with Crippen molar-refractivity contribution < 1.29 is 9.53 Å². The van der Waals surface area contributed by atoms with Gasteiger partial charge in [0.1, 0.15) is 5.75 Å². The lowest BCUT2D eigenvalue weighted by Crippen LogP contribution is -2.40. The lowest BCUT2D eigenvalue weighted by molar-refractivity contribution is -0.121. The zero-order chi connectivity index (χ0) is 24.8. The van der Waals surface area contributed by atoms with Crippen LogP contribution in [0, 0.1) is 6.92 Å². The predicted molar refractivity (Wildman–Crippen MR) is 137 cm³/mol. The van der Waals surface area contributed by atoms with Crippen molar-refractivity contribution >= 4 is 16.8 Å². The van der Waals surface area contributed by atoms with Crippen LogP contribution in [0.1, 0.15) is 29.5 Å². The molecule has 1 heterocycles. The fourth-order valence-corrected chi connectivity index (χ4v) is 4.21. The number of para-hydroxylation sites is 2. The quantitative estimate of drug-likeness (QED) is 0.404. The summed E-state index contributed by atoms with van der Waals surface area (Å²) in [4.78, 5) is 38.9. The van der Waals surface area contributed by atoms with Crippen LogP contribution in [0.15, 0.2) is 82.4 Å². The van der Waals surface area contributed by atoms with Crippen molar-refractivity contribution in [2.75, 3.05) is 7.11 Å². The van der Waals surface area contributed by atoms with Gasteiger partial charge in [-0.15, -0.1) is 0 Å². The second-order valence-electron chi connectivity index (χ2n) is 8.46. The summed E-state index contributed by atoms with van der Waals surface area (Å²) in [5.41, 5.74) is 2.88. The fourth-order valence-electron chi connectivity index (χ4n) is 4.21. The zero-order valence-corrected chi connectivity index (χ0v) is 20.0. The van der Waals surface area contributed by atoms with Crippen molar-refractivity contribution in [2.24, 2.45) is 0 Å². The number of ether oxygens (including phenoxy) is 1. The average Bonchev–Trinajstić information content (AvgIpc) is 2.88. The van der Waals surface area contributed by atoms with Crippen LogP contribution < -0.4 is 21.3 Å². The van der Waals surface area contributed by atoms with Crippen LogP contribution >= 0.6 is 0 Å². The van der Waals surface area contributed by atoms with E-state index < -0.39 is 0 Å². The Balaban J connectivity index is 1.51. The number of aryl methyl sites for hydroxylation is 1. The van der Waals surface area contributed by atoms with Crippen LogP contribution in [0.5, 0.6) is 5.75 Å². The molecule has 0 fully saturated rings. The molecule has 0 spiro atoms. The fraction of sp³-hybridized carbons (Fsp3) is 0.250. The molecule has 0 saturated carbocycles. The van der Waals surface area contributed by atoms with Gasteiger partial charge < -0.3 is 10.1 Å². The Hall–Kier alpha value is -4.13. The molecular weight excluding hydrogens is 442 g/mol. The number of methoxy groups -OCH3 is 1. The first-order valence-electron chi connectivity index (χ1n) is 11.6. The van der Waals surface area contributed by atoms with Gasteiger partial charge in [0, 0.05) is 25.1 Å². The monoisotopic (exact) mass is 471 g/mol. The molecule has 180 valence electrons. The number of rotatable bonds is 9. The van der Waals surface area contributed by atoms with Gasteiger partial charge >= 0.3 is 5.69 Å². The van der Waals surface area contributed by atoms with E-state index in [0.29, 0.717) is 36.2 Å². The minimum absolute atomic E-state index is 0.148. The minimum atomic E-state index is -0.369. The van der Waals surface area contributed by atoms with E-state index in [1.54, 1.807) is 29.9 Å². The predicted octanol–water partition coefficient (Wildman–Crippen LogP) is 3.63. The Kier molecular flexibility index (Phi) is 7.45. The average molecular weight is 472 g/mol. The maximum absolute atomic E-state index is 13.4. The van der Waals surface area contributed by atoms with Gasteiger partial charge in [-0.25, -0.2) is 4.79 Å². The van der Waals surface area contributed by atoms with Crippen LogP contribution in [0.25, 0.3) is 10.9 Å². The number of carbonyl (C=O) groups excluding carboxylic acids is 1. The minimum Gasteiger partial charge on any atom is -0.496 e. The van der Waals surface area contributed by atoms with Crippen molar-refractivity contribution in [1.82, 2.24) is 14.5 Å². The largest absolute Gasteiger partial charge is 0.496 e. The summed E-state index contributed by atoms with van der Waals surface area (Å²) in [6.07, 6.45) is 0.571. The van der Waals surface area contributed by atoms with E-state index in [9.17, 15) is 14.4 Å². The maximum atomic E-state index is 13.4. The summed E-state index contributed by atoms with van der Waals surface area (Å²) in [5, 5.41) is 3.37. The number of fused-ring (bicyclic) bond motifs is 1. The third-order valence-corrected chi connectivity index (χ3v) is 6.18. The van der Waals surface area contributed by atoms with E-state index in [1.807, 2.05) is 61.5 Å². The third kappa shape index (κ3) is 5.35. The van der Waals surface area contributed by atoms with Crippen molar-refractivity contribution in [3.8, 4) is 5.75 Å². The van der Waals surface area contributed by atoms with Gasteiger partial charge in [-0.1, -0.05) is 54.6 Å². The van der Waals surface area contributed by atoms with E-state index >= 15 is 0 Å². The first-order valence-corrected chi connectivity index (χ1v) is 11.6. The molecule has 0 aliphatic carbocycles. The summed E-state index contributed by atoms with van der Waals surface area (Å²) in [5.74, 6) is 0.565. The molecule has 7 nitrogen and oxygen atoms in total. The summed E-state index contributed by atoms with van der Waals surface area (Å²) in [7, 11) is 1.59. The second kappa shape index (κ2) is 10.9. The van der Waals surface area contributed by atoms with Gasteiger partial charge in [0.25, 0.3) is 5.56 Å². The van der Waals surface area contributed by atoms with Crippen LogP contribution in [-0.4, -0.2) is 22.2 Å². The Bertz CT molecular complexity index is 1470. The number of hydrogen-bond donors (Lipinski definition) is 1. The number of amides is 1. The van der Waals surface area contributed by atoms with Crippen molar-refractivity contribution in [1.29, 1.82) is 0 Å². The molecule has 0 atom stereocenters. The number of benzene rings is 3. The van der Waals surface area contributed by atoms with Gasteiger partial charge in [0.05, 0.1) is 24.6 Å². The first-order chi connectivity index (χ1) is 17.0. The molecule has 0 aliphatic heterocycles. The first kappa shape index (κ1) is 24.0. The number of nitrogens with one attached hydrogen (secondary N) is 1. The second-order valence-corrected chi connectivity index (χ2v) is 8.46. The van der Waals surface area contributed by atoms with E-state index in [4.69, 9.17) is 4.74 Å². The van der Waals surface area contributed by atoms with Gasteiger partial charge in [-0.2, -0.15) is 0 Å². The molecule has 0 bridgehead atoms. The summed E-state index contributed by atoms with van der Waals surface area (Å²) >= 11 is 0. The number of nitrogens with zero attached hydrogens (tertiary/aromatic N) is 2. The highest BCUT2D eigenvalue weighted by Crippen LogP contribution is 2.17. The van der Waals surface area contributed by atoms with E-state index in [0.717, 1.165) is 16.7 Å². The molecule has 0 saturated heterocycles. The molecule has 3 aromatic carbocycles. The van der Waals surface area contributed by atoms with Gasteiger partial charge in [0.2, 0.25) is 5.91 Å². The van der Waals surface area contributed by atoms with Crippen LogP contribution in [0.4, 0.5) is 0 Å². The maximum Gasteiger partial charge on any atom is 0.331 e. The van der Waals surface area contributed by atoms with Crippen LogP contribution in [0.2, 0.25) is 0 Å². The topological polar surface area (TPSA) is 82.3 Å². The summed E-state index contributed by atoms with van der Waals surface area (Å²) < 4.78 is 8.20. The summed E-state index contributed by atoms with van der Waals surface area (Å²) in [6, 6.07) is 22.5. The number of carbonyl (C=O) groups is 1. The van der Waals surface area contributed by atoms with Crippen LogP contribution in [-0.2, 0) is 24.4 Å². The highest BCUT2D eigenvalue weighted by atomic mass is 16.5. The SMILES string of the molecule is COc1ccccc1CNC(=O)CCCn1c(=O)c2ccccc2n(Cc2ccccc2C)c1=O. The van der Waals surface area contributed by atoms with Gasteiger partial charge in [-0.3, -0.25) is 18.7 Å². The normalized spacial score (nSPS) is 10.9. The van der Waals surface area contributed by atoms with E-state index in [1.165, 1.54) is 4.57 Å². The van der Waals surface area contributed by atoms with Crippen molar-refractivity contribution in [3.05, 3.63) is 110 Å². The molecule has 35 heavy (non-hydrogen) atoms. The highest BCUT2D eigenvalue weighted by Gasteiger charge is 2.14. The van der Waals surface area contributed by atoms with E-state index in [-0.39, 0.29) is 30.1 Å². The van der Waals surface area contributed by atoms with Crippen LogP contribution in [0.3, 0.4) is 0 Å². The molecule has 4 aromatic rings. The smallest absolute Gasteiger partial charge is 0.331 e. The Morgan fingerprint density at radius 2 is 1.57 bits per heavy atom. The molecular formula is C28H29N3O4. The Morgan fingerprint density at radius 3 is 2.34 bits per heavy atom. The number of aromatic nitrogens is 2. The molecule has 1 aromatic heterocycles. The molecule has 1 amide bonds. The molecule has 4 rings (SSSR count). The van der Waals surface area contributed by atoms with Gasteiger partial charge in [-0.05, 0) is 42.7 Å². The molecule has 0 aliphatic rings.